The van der Waals surface area contributed by atoms with Gasteiger partial charge in [0.05, 0.1) is 4.90 Å². The third-order valence-corrected chi connectivity index (χ3v) is 5.29. The van der Waals surface area contributed by atoms with Crippen molar-refractivity contribution in [2.45, 2.75) is 18.7 Å². The number of carbonyl (C=O) groups excluding carboxylic acids is 2. The van der Waals surface area contributed by atoms with Crippen molar-refractivity contribution >= 4 is 27.6 Å². The Balaban J connectivity index is 2.05. The number of aromatic hydroxyl groups is 1. The van der Waals surface area contributed by atoms with Crippen LogP contribution in [0.1, 0.15) is 21.5 Å². The smallest absolute Gasteiger partial charge is 0.342 e. The van der Waals surface area contributed by atoms with Crippen molar-refractivity contribution in [2.24, 2.45) is 0 Å². The number of rotatable bonds is 6. The minimum absolute atomic E-state index is 0.0319. The lowest BCUT2D eigenvalue weighted by molar-refractivity contribution is -0.119. The van der Waals surface area contributed by atoms with Gasteiger partial charge in [-0.05, 0) is 50.7 Å². The van der Waals surface area contributed by atoms with Crippen LogP contribution in [0.15, 0.2) is 41.3 Å². The summed E-state index contributed by atoms with van der Waals surface area (Å²) in [5.41, 5.74) is 1.47. The summed E-state index contributed by atoms with van der Waals surface area (Å²) in [7, 11) is -2.38. The van der Waals surface area contributed by atoms with Crippen molar-refractivity contribution in [1.82, 2.24) is 4.72 Å². The molecular formula is C18H20N2O6S. The van der Waals surface area contributed by atoms with Crippen LogP contribution in [0.3, 0.4) is 0 Å². The number of sulfonamides is 1. The highest BCUT2D eigenvalue weighted by molar-refractivity contribution is 7.89. The molecule has 0 spiro atoms. The Morgan fingerprint density at radius 1 is 1.11 bits per heavy atom. The van der Waals surface area contributed by atoms with Gasteiger partial charge in [0, 0.05) is 5.69 Å². The monoisotopic (exact) mass is 392 g/mol. The topological polar surface area (TPSA) is 122 Å². The zero-order valence-electron chi connectivity index (χ0n) is 15.1. The van der Waals surface area contributed by atoms with Gasteiger partial charge in [0.1, 0.15) is 11.3 Å². The van der Waals surface area contributed by atoms with E-state index >= 15 is 0 Å². The van der Waals surface area contributed by atoms with Gasteiger partial charge in [-0.25, -0.2) is 17.9 Å². The van der Waals surface area contributed by atoms with Gasteiger partial charge in [-0.15, -0.1) is 0 Å². The number of phenolic OH excluding ortho intramolecular Hbond substituents is 1. The molecule has 9 heteroatoms. The van der Waals surface area contributed by atoms with E-state index in [2.05, 4.69) is 10.0 Å². The largest absolute Gasteiger partial charge is 0.507 e. The fourth-order valence-corrected chi connectivity index (χ4v) is 3.29. The first-order valence-electron chi connectivity index (χ1n) is 7.95. The highest BCUT2D eigenvalue weighted by Crippen LogP contribution is 2.21. The van der Waals surface area contributed by atoms with Crippen LogP contribution >= 0.6 is 0 Å². The first-order chi connectivity index (χ1) is 12.6. The SMILES string of the molecule is CNS(=O)(=O)c1cc(NC(=O)COC(=O)c2cc(C)ccc2O)ccc1C. The zero-order chi connectivity index (χ0) is 20.2. The lowest BCUT2D eigenvalue weighted by Gasteiger charge is -2.11. The fraction of sp³-hybridized carbons (Fsp3) is 0.222. The van der Waals surface area contributed by atoms with Crippen molar-refractivity contribution < 1.29 is 27.9 Å². The molecule has 0 heterocycles. The molecule has 2 rings (SSSR count). The number of esters is 1. The number of nitrogens with one attached hydrogen (secondary N) is 2. The molecule has 0 aliphatic heterocycles. The molecule has 0 aliphatic rings. The molecule has 0 saturated heterocycles. The van der Waals surface area contributed by atoms with E-state index in [4.69, 9.17) is 4.74 Å². The summed E-state index contributed by atoms with van der Waals surface area (Å²) in [5.74, 6) is -1.73. The van der Waals surface area contributed by atoms with Gasteiger partial charge < -0.3 is 15.2 Å². The van der Waals surface area contributed by atoms with E-state index in [9.17, 15) is 23.1 Å². The van der Waals surface area contributed by atoms with E-state index in [-0.39, 0.29) is 21.9 Å². The molecule has 0 unspecified atom stereocenters. The lowest BCUT2D eigenvalue weighted by atomic mass is 10.1. The molecule has 27 heavy (non-hydrogen) atoms. The number of benzene rings is 2. The Bertz CT molecular complexity index is 985. The minimum Gasteiger partial charge on any atom is -0.507 e. The van der Waals surface area contributed by atoms with Crippen LogP contribution in [0.25, 0.3) is 0 Å². The van der Waals surface area contributed by atoms with Crippen LogP contribution in [-0.4, -0.2) is 39.1 Å². The highest BCUT2D eigenvalue weighted by Gasteiger charge is 2.17. The second-order valence-electron chi connectivity index (χ2n) is 5.83. The van der Waals surface area contributed by atoms with E-state index in [0.717, 1.165) is 5.56 Å². The summed E-state index contributed by atoms with van der Waals surface area (Å²) in [6, 6.07) is 8.85. The van der Waals surface area contributed by atoms with Crippen molar-refractivity contribution in [3.8, 4) is 5.75 Å². The molecule has 2 aromatic carbocycles. The molecule has 0 bridgehead atoms. The Morgan fingerprint density at radius 2 is 1.81 bits per heavy atom. The number of hydrogen-bond donors (Lipinski definition) is 3. The average molecular weight is 392 g/mol. The number of aryl methyl sites for hydroxylation is 2. The Hall–Kier alpha value is -2.91. The molecule has 0 fully saturated rings. The third-order valence-electron chi connectivity index (χ3n) is 3.74. The maximum Gasteiger partial charge on any atom is 0.342 e. The van der Waals surface area contributed by atoms with Gasteiger partial charge in [-0.1, -0.05) is 17.7 Å². The van der Waals surface area contributed by atoms with Crippen LogP contribution in [0.5, 0.6) is 5.75 Å². The Morgan fingerprint density at radius 3 is 2.48 bits per heavy atom. The number of anilines is 1. The van der Waals surface area contributed by atoms with Crippen LogP contribution < -0.4 is 10.0 Å². The van der Waals surface area contributed by atoms with Gasteiger partial charge in [0.2, 0.25) is 10.0 Å². The number of carbonyl (C=O) groups is 2. The standard InChI is InChI=1S/C18H20N2O6S/c1-11-4-7-15(21)14(8-11)18(23)26-10-17(22)20-13-6-5-12(2)16(9-13)27(24,25)19-3/h4-9,19,21H,10H2,1-3H3,(H,20,22). The molecule has 0 atom stereocenters. The molecule has 3 N–H and O–H groups in total. The Labute approximate surface area is 157 Å². The number of phenols is 1. The van der Waals surface area contributed by atoms with Gasteiger partial charge in [0.15, 0.2) is 6.61 Å². The van der Waals surface area contributed by atoms with Crippen molar-refractivity contribution in [3.05, 3.63) is 53.1 Å². The predicted molar refractivity (Wildman–Crippen MR) is 99.2 cm³/mol. The molecule has 0 aromatic heterocycles. The minimum atomic E-state index is -3.67. The predicted octanol–water partition coefficient (Wildman–Crippen LogP) is 1.71. The molecule has 0 aliphatic carbocycles. The van der Waals surface area contributed by atoms with E-state index in [1.807, 2.05) is 0 Å². The fourth-order valence-electron chi connectivity index (χ4n) is 2.30. The molecule has 0 radical (unpaired) electrons. The van der Waals surface area contributed by atoms with Crippen molar-refractivity contribution in [1.29, 1.82) is 0 Å². The summed E-state index contributed by atoms with van der Waals surface area (Å²) in [6.07, 6.45) is 0. The maximum absolute atomic E-state index is 12.0. The summed E-state index contributed by atoms with van der Waals surface area (Å²) in [5, 5.41) is 12.2. The van der Waals surface area contributed by atoms with Crippen LogP contribution in [-0.2, 0) is 19.6 Å². The molecule has 1 amide bonds. The molecular weight excluding hydrogens is 372 g/mol. The van der Waals surface area contributed by atoms with E-state index in [1.54, 1.807) is 26.0 Å². The summed E-state index contributed by atoms with van der Waals surface area (Å²) in [6.45, 7) is 2.79. The average Bonchev–Trinajstić information content (AvgIpc) is 2.63. The number of ether oxygens (including phenoxy) is 1. The van der Waals surface area contributed by atoms with Gasteiger partial charge in [0.25, 0.3) is 5.91 Å². The third kappa shape index (κ3) is 5.05. The quantitative estimate of drug-likeness (QED) is 0.644. The van der Waals surface area contributed by atoms with Crippen LogP contribution in [0.4, 0.5) is 5.69 Å². The van der Waals surface area contributed by atoms with E-state index in [1.165, 1.54) is 31.3 Å². The normalized spacial score (nSPS) is 11.1. The highest BCUT2D eigenvalue weighted by atomic mass is 32.2. The van der Waals surface area contributed by atoms with Crippen molar-refractivity contribution in [2.75, 3.05) is 19.0 Å². The number of hydrogen-bond acceptors (Lipinski definition) is 6. The van der Waals surface area contributed by atoms with Crippen LogP contribution in [0, 0.1) is 13.8 Å². The second kappa shape index (κ2) is 8.19. The van der Waals surface area contributed by atoms with E-state index in [0.29, 0.717) is 5.56 Å². The van der Waals surface area contributed by atoms with Gasteiger partial charge in [-0.2, -0.15) is 0 Å². The van der Waals surface area contributed by atoms with Crippen LogP contribution in [0.2, 0.25) is 0 Å². The molecule has 8 nitrogen and oxygen atoms in total. The summed E-state index contributed by atoms with van der Waals surface area (Å²) < 4.78 is 31.1. The van der Waals surface area contributed by atoms with Gasteiger partial charge >= 0.3 is 5.97 Å². The molecule has 144 valence electrons. The van der Waals surface area contributed by atoms with E-state index < -0.39 is 28.5 Å². The Kier molecular flexibility index (Phi) is 6.19. The lowest BCUT2D eigenvalue weighted by Crippen LogP contribution is -2.22. The molecule has 2 aromatic rings. The van der Waals surface area contributed by atoms with Crippen molar-refractivity contribution in [3.63, 3.8) is 0 Å². The maximum atomic E-state index is 12.0. The summed E-state index contributed by atoms with van der Waals surface area (Å²) >= 11 is 0. The molecule has 0 saturated carbocycles. The summed E-state index contributed by atoms with van der Waals surface area (Å²) in [4.78, 5) is 24.0. The number of amides is 1. The first kappa shape index (κ1) is 20.4. The zero-order valence-corrected chi connectivity index (χ0v) is 15.9. The first-order valence-corrected chi connectivity index (χ1v) is 9.43. The van der Waals surface area contributed by atoms with Gasteiger partial charge in [-0.3, -0.25) is 4.79 Å². The second-order valence-corrected chi connectivity index (χ2v) is 7.69.